The van der Waals surface area contributed by atoms with Gasteiger partial charge in [-0.3, -0.25) is 14.4 Å². The topological polar surface area (TPSA) is 154 Å². The zero-order valence-corrected chi connectivity index (χ0v) is 23.4. The van der Waals surface area contributed by atoms with E-state index in [0.717, 1.165) is 10.5 Å². The van der Waals surface area contributed by atoms with Crippen LogP contribution in [0, 0.1) is 0 Å². The largest absolute Gasteiger partial charge is 0.508 e. The van der Waals surface area contributed by atoms with E-state index in [9.17, 15) is 29.4 Å². The maximum atomic E-state index is 14.0. The molecule has 0 bridgehead atoms. The summed E-state index contributed by atoms with van der Waals surface area (Å²) in [4.78, 5) is 53.1. The Kier molecular flexibility index (Phi) is 12.4. The van der Waals surface area contributed by atoms with Crippen LogP contribution in [0.4, 0.5) is 4.79 Å². The molecule has 0 aliphatic heterocycles. The molecule has 2 aromatic carbocycles. The number of carbonyl (C=O) groups excluding carboxylic acids is 4. The van der Waals surface area contributed by atoms with Gasteiger partial charge in [-0.15, -0.1) is 0 Å². The Bertz CT molecular complexity index is 1130. The lowest BCUT2D eigenvalue weighted by Gasteiger charge is -2.34. The minimum Gasteiger partial charge on any atom is -0.508 e. The Labute approximate surface area is 234 Å². The number of hydrogen-bond donors (Lipinski definition) is 4. The highest BCUT2D eigenvalue weighted by Crippen LogP contribution is 2.26. The van der Waals surface area contributed by atoms with Gasteiger partial charge in [-0.25, -0.2) is 4.79 Å². The van der Waals surface area contributed by atoms with Crippen LogP contribution < -0.4 is 10.6 Å². The predicted molar refractivity (Wildman–Crippen MR) is 147 cm³/mol. The van der Waals surface area contributed by atoms with E-state index in [1.54, 1.807) is 58.0 Å². The lowest BCUT2D eigenvalue weighted by atomic mass is 10.00. The maximum absolute atomic E-state index is 14.0. The predicted octanol–water partition coefficient (Wildman–Crippen LogP) is 2.46. The van der Waals surface area contributed by atoms with Crippen molar-refractivity contribution in [3.63, 3.8) is 0 Å². The molecule has 0 saturated carbocycles. The van der Waals surface area contributed by atoms with Crippen LogP contribution in [0.2, 0.25) is 0 Å². The molecule has 4 N–H and O–H groups in total. The zero-order valence-electron chi connectivity index (χ0n) is 23.4. The van der Waals surface area contributed by atoms with Crippen LogP contribution in [0.25, 0.3) is 0 Å². The lowest BCUT2D eigenvalue weighted by molar-refractivity contribution is -0.144. The van der Waals surface area contributed by atoms with Gasteiger partial charge in [-0.1, -0.05) is 42.5 Å². The van der Waals surface area contributed by atoms with Gasteiger partial charge in [0.05, 0.1) is 19.6 Å². The molecule has 11 nitrogen and oxygen atoms in total. The van der Waals surface area contributed by atoms with Crippen molar-refractivity contribution in [1.29, 1.82) is 0 Å². The Hall–Kier alpha value is -4.12. The Morgan fingerprint density at radius 1 is 1.02 bits per heavy atom. The standard InChI is InChI=1S/C29H39N3O8/c1-5-39-24(35)14-15-30-26(36)25(21-12-9-13-22(34)19-21)32(16-17-33)27(37)23(18-20-10-7-6-8-11-20)31-28(38)40-29(2,3)4/h6-13,19,23,25,33-34H,5,14-18H2,1-4H3,(H,30,36)(H,31,38). The molecule has 40 heavy (non-hydrogen) atoms. The molecule has 2 aromatic rings. The molecular weight excluding hydrogens is 518 g/mol. The monoisotopic (exact) mass is 557 g/mol. The number of benzene rings is 2. The first-order valence-corrected chi connectivity index (χ1v) is 13.1. The molecule has 2 atom stereocenters. The summed E-state index contributed by atoms with van der Waals surface area (Å²) in [5.74, 6) is -1.93. The second kappa shape index (κ2) is 15.5. The number of nitrogens with one attached hydrogen (secondary N) is 2. The first-order valence-electron chi connectivity index (χ1n) is 13.1. The summed E-state index contributed by atoms with van der Waals surface area (Å²) in [6.45, 7) is 6.14. The van der Waals surface area contributed by atoms with Crippen LogP contribution >= 0.6 is 0 Å². The average Bonchev–Trinajstić information content (AvgIpc) is 2.87. The minimum atomic E-state index is -1.30. The number of aliphatic hydroxyl groups excluding tert-OH is 1. The van der Waals surface area contributed by atoms with E-state index in [2.05, 4.69) is 10.6 Å². The summed E-state index contributed by atoms with van der Waals surface area (Å²) in [5.41, 5.74) is 0.192. The molecule has 0 aliphatic rings. The number of nitrogens with zero attached hydrogens (tertiary/aromatic N) is 1. The zero-order chi connectivity index (χ0) is 29.7. The van der Waals surface area contributed by atoms with Gasteiger partial charge in [-0.2, -0.15) is 0 Å². The van der Waals surface area contributed by atoms with Gasteiger partial charge in [0.2, 0.25) is 11.8 Å². The van der Waals surface area contributed by atoms with Crippen molar-refractivity contribution in [2.45, 2.75) is 58.2 Å². The number of phenols is 1. The summed E-state index contributed by atoms with van der Waals surface area (Å²) in [7, 11) is 0. The van der Waals surface area contributed by atoms with Gasteiger partial charge in [0.25, 0.3) is 0 Å². The molecule has 0 aliphatic carbocycles. The second-order valence-corrected chi connectivity index (χ2v) is 9.99. The Balaban J connectivity index is 2.44. The molecule has 0 fully saturated rings. The maximum Gasteiger partial charge on any atom is 0.408 e. The van der Waals surface area contributed by atoms with Gasteiger partial charge >= 0.3 is 12.1 Å². The normalized spacial score (nSPS) is 12.5. The number of carbonyl (C=O) groups is 4. The fraction of sp³-hybridized carbons (Fsp3) is 0.448. The Morgan fingerprint density at radius 2 is 1.73 bits per heavy atom. The third kappa shape index (κ3) is 10.6. The van der Waals surface area contributed by atoms with Gasteiger partial charge in [0, 0.05) is 19.5 Å². The smallest absolute Gasteiger partial charge is 0.408 e. The molecule has 3 amide bonds. The number of rotatable bonds is 13. The van der Waals surface area contributed by atoms with Crippen molar-refractivity contribution in [3.05, 3.63) is 65.7 Å². The summed E-state index contributed by atoms with van der Waals surface area (Å²) < 4.78 is 10.3. The van der Waals surface area contributed by atoms with E-state index in [4.69, 9.17) is 9.47 Å². The molecule has 218 valence electrons. The quantitative estimate of drug-likeness (QED) is 0.274. The molecule has 11 heteroatoms. The van der Waals surface area contributed by atoms with Crippen molar-refractivity contribution < 1.29 is 38.9 Å². The highest BCUT2D eigenvalue weighted by atomic mass is 16.6. The van der Waals surface area contributed by atoms with E-state index in [1.807, 2.05) is 6.07 Å². The van der Waals surface area contributed by atoms with E-state index >= 15 is 0 Å². The lowest BCUT2D eigenvalue weighted by Crippen LogP contribution is -2.54. The fourth-order valence-electron chi connectivity index (χ4n) is 3.96. The van der Waals surface area contributed by atoms with Crippen LogP contribution in [-0.4, -0.2) is 76.9 Å². The highest BCUT2D eigenvalue weighted by Gasteiger charge is 2.36. The van der Waals surface area contributed by atoms with E-state index < -0.39 is 48.2 Å². The van der Waals surface area contributed by atoms with Crippen molar-refractivity contribution in [3.8, 4) is 5.75 Å². The number of aliphatic hydroxyl groups is 1. The number of hydrogen-bond acceptors (Lipinski definition) is 8. The van der Waals surface area contributed by atoms with Gasteiger partial charge < -0.3 is 35.2 Å². The van der Waals surface area contributed by atoms with Crippen LogP contribution in [0.5, 0.6) is 5.75 Å². The van der Waals surface area contributed by atoms with E-state index in [0.29, 0.717) is 0 Å². The average molecular weight is 558 g/mol. The van der Waals surface area contributed by atoms with E-state index in [-0.39, 0.29) is 43.9 Å². The molecule has 0 radical (unpaired) electrons. The molecule has 2 rings (SSSR count). The molecular formula is C29H39N3O8. The van der Waals surface area contributed by atoms with Crippen molar-refractivity contribution in [2.24, 2.45) is 0 Å². The Morgan fingerprint density at radius 3 is 2.33 bits per heavy atom. The molecule has 2 unspecified atom stereocenters. The van der Waals surface area contributed by atoms with Crippen LogP contribution in [0.1, 0.15) is 51.3 Å². The second-order valence-electron chi connectivity index (χ2n) is 9.99. The summed E-state index contributed by atoms with van der Waals surface area (Å²) in [6, 6.07) is 12.4. The number of ether oxygens (including phenoxy) is 2. The van der Waals surface area contributed by atoms with Crippen LogP contribution in [-0.2, 0) is 30.3 Å². The third-order valence-corrected chi connectivity index (χ3v) is 5.58. The first-order chi connectivity index (χ1) is 18.9. The van der Waals surface area contributed by atoms with Crippen molar-refractivity contribution >= 4 is 23.9 Å². The number of phenolic OH excluding ortho intramolecular Hbond substituents is 1. The van der Waals surface area contributed by atoms with Crippen molar-refractivity contribution in [1.82, 2.24) is 15.5 Å². The van der Waals surface area contributed by atoms with Crippen LogP contribution in [0.3, 0.4) is 0 Å². The third-order valence-electron chi connectivity index (χ3n) is 5.58. The fourth-order valence-corrected chi connectivity index (χ4v) is 3.96. The van der Waals surface area contributed by atoms with E-state index in [1.165, 1.54) is 18.2 Å². The number of esters is 1. The van der Waals surface area contributed by atoms with Crippen molar-refractivity contribution in [2.75, 3.05) is 26.3 Å². The molecule has 0 heterocycles. The van der Waals surface area contributed by atoms with Crippen LogP contribution in [0.15, 0.2) is 54.6 Å². The van der Waals surface area contributed by atoms with Gasteiger partial charge in [-0.05, 0) is 51.0 Å². The summed E-state index contributed by atoms with van der Waals surface area (Å²) in [5, 5.41) is 25.2. The van der Waals surface area contributed by atoms with Gasteiger partial charge in [0.15, 0.2) is 0 Å². The summed E-state index contributed by atoms with van der Waals surface area (Å²) in [6.07, 6.45) is -0.826. The minimum absolute atomic E-state index is 0.0578. The SMILES string of the molecule is CCOC(=O)CCNC(=O)C(c1cccc(O)c1)N(CCO)C(=O)C(Cc1ccccc1)NC(=O)OC(C)(C)C. The molecule has 0 aromatic heterocycles. The summed E-state index contributed by atoms with van der Waals surface area (Å²) >= 11 is 0. The first kappa shape index (κ1) is 32.1. The number of amides is 3. The number of aromatic hydroxyl groups is 1. The van der Waals surface area contributed by atoms with Gasteiger partial charge in [0.1, 0.15) is 23.4 Å². The highest BCUT2D eigenvalue weighted by molar-refractivity contribution is 5.92. The molecule has 0 spiro atoms. The number of alkyl carbamates (subject to hydrolysis) is 1. The molecule has 0 saturated heterocycles.